The van der Waals surface area contributed by atoms with E-state index in [2.05, 4.69) is 5.32 Å². The number of hydrogen-bond donors (Lipinski definition) is 1. The summed E-state index contributed by atoms with van der Waals surface area (Å²) in [7, 11) is 0. The summed E-state index contributed by atoms with van der Waals surface area (Å²) in [5.41, 5.74) is -1.26. The number of thioether (sulfide) groups is 1. The molecule has 2 amide bonds. The maximum atomic E-state index is 13.1. The van der Waals surface area contributed by atoms with E-state index in [4.69, 9.17) is 9.47 Å². The van der Waals surface area contributed by atoms with Gasteiger partial charge in [-0.1, -0.05) is 19.3 Å². The molecule has 2 aliphatic rings. The summed E-state index contributed by atoms with van der Waals surface area (Å²) in [5, 5.41) is 2.48. The van der Waals surface area contributed by atoms with Crippen LogP contribution < -0.4 is 5.32 Å². The molecule has 1 aliphatic carbocycles. The Kier molecular flexibility index (Phi) is 7.87. The van der Waals surface area contributed by atoms with Crippen LogP contribution in [0.2, 0.25) is 0 Å². The topological polar surface area (TPSA) is 84.9 Å². The lowest BCUT2D eigenvalue weighted by Crippen LogP contribution is -2.52. The summed E-state index contributed by atoms with van der Waals surface area (Å²) in [6, 6.07) is -0.626. The lowest BCUT2D eigenvalue weighted by Gasteiger charge is -2.36. The van der Waals surface area contributed by atoms with Gasteiger partial charge in [-0.25, -0.2) is 9.59 Å². The first-order valence-electron chi connectivity index (χ1n) is 10.5. The van der Waals surface area contributed by atoms with E-state index in [1.165, 1.54) is 6.42 Å². The van der Waals surface area contributed by atoms with Crippen LogP contribution in [0.3, 0.4) is 0 Å². The number of carbonyl (C=O) groups is 3. The van der Waals surface area contributed by atoms with Gasteiger partial charge in [-0.15, -0.1) is 11.8 Å². The molecule has 1 N–H and O–H groups in total. The van der Waals surface area contributed by atoms with Gasteiger partial charge in [-0.3, -0.25) is 4.79 Å². The standard InChI is InChI=1S/C21H36N2O5S/c1-20(2,3)27-18(25)15-13-29-17(14-10-8-7-9-11-14)23(15)16(24)12-22-19(26)28-21(4,5)6/h14-15,17H,7-13H2,1-6H3,(H,22,26)/t15-,17?/m0/s1. The van der Waals surface area contributed by atoms with Gasteiger partial charge in [0.05, 0.1) is 5.37 Å². The van der Waals surface area contributed by atoms with Crippen molar-refractivity contribution in [1.29, 1.82) is 0 Å². The van der Waals surface area contributed by atoms with Crippen LogP contribution in [-0.4, -0.2) is 57.8 Å². The monoisotopic (exact) mass is 428 g/mol. The minimum atomic E-state index is -0.639. The van der Waals surface area contributed by atoms with Gasteiger partial charge in [-0.05, 0) is 60.3 Å². The van der Waals surface area contributed by atoms with Crippen molar-refractivity contribution in [2.24, 2.45) is 5.92 Å². The van der Waals surface area contributed by atoms with Crippen LogP contribution in [0, 0.1) is 5.92 Å². The molecule has 166 valence electrons. The second-order valence-electron chi connectivity index (χ2n) is 9.83. The molecule has 2 atom stereocenters. The first-order valence-corrected chi connectivity index (χ1v) is 11.5. The SMILES string of the molecule is CC(C)(C)OC(=O)NCC(=O)N1C(C2CCCCC2)SC[C@H]1C(=O)OC(C)(C)C. The molecule has 2 fully saturated rings. The van der Waals surface area contributed by atoms with Crippen molar-refractivity contribution in [2.45, 2.75) is 96.3 Å². The van der Waals surface area contributed by atoms with Gasteiger partial charge < -0.3 is 19.7 Å². The molecular weight excluding hydrogens is 392 g/mol. The Labute approximate surface area is 178 Å². The van der Waals surface area contributed by atoms with E-state index in [1.807, 2.05) is 20.8 Å². The molecule has 29 heavy (non-hydrogen) atoms. The predicted octanol–water partition coefficient (Wildman–Crippen LogP) is 3.70. The van der Waals surface area contributed by atoms with Crippen molar-refractivity contribution in [3.8, 4) is 0 Å². The van der Waals surface area contributed by atoms with E-state index in [0.717, 1.165) is 25.7 Å². The van der Waals surface area contributed by atoms with Crippen molar-refractivity contribution in [3.05, 3.63) is 0 Å². The smallest absolute Gasteiger partial charge is 0.408 e. The van der Waals surface area contributed by atoms with E-state index < -0.39 is 23.3 Å². The highest BCUT2D eigenvalue weighted by atomic mass is 32.2. The van der Waals surface area contributed by atoms with Gasteiger partial charge in [0.1, 0.15) is 23.8 Å². The number of carbonyl (C=O) groups excluding carboxylic acids is 3. The largest absolute Gasteiger partial charge is 0.458 e. The molecule has 7 nitrogen and oxygen atoms in total. The zero-order chi connectivity index (χ0) is 21.8. The molecule has 1 aliphatic heterocycles. The van der Waals surface area contributed by atoms with E-state index in [1.54, 1.807) is 37.4 Å². The number of amides is 2. The highest BCUT2D eigenvalue weighted by molar-refractivity contribution is 8.00. The minimum absolute atomic E-state index is 0.0549. The van der Waals surface area contributed by atoms with Crippen LogP contribution >= 0.6 is 11.8 Å². The van der Waals surface area contributed by atoms with Gasteiger partial charge >= 0.3 is 12.1 Å². The van der Waals surface area contributed by atoms with Gasteiger partial charge in [-0.2, -0.15) is 0 Å². The van der Waals surface area contributed by atoms with E-state index in [-0.39, 0.29) is 23.8 Å². The quantitative estimate of drug-likeness (QED) is 0.687. The highest BCUT2D eigenvalue weighted by Crippen LogP contribution is 2.41. The number of nitrogens with one attached hydrogen (secondary N) is 1. The third kappa shape index (κ3) is 7.39. The number of esters is 1. The summed E-state index contributed by atoms with van der Waals surface area (Å²) in [4.78, 5) is 39.5. The summed E-state index contributed by atoms with van der Waals surface area (Å²) in [6.07, 6.45) is 5.00. The summed E-state index contributed by atoms with van der Waals surface area (Å²) in [6.45, 7) is 10.6. The van der Waals surface area contributed by atoms with E-state index in [9.17, 15) is 14.4 Å². The highest BCUT2D eigenvalue weighted by Gasteiger charge is 2.46. The lowest BCUT2D eigenvalue weighted by atomic mass is 9.88. The van der Waals surface area contributed by atoms with Crippen molar-refractivity contribution in [2.75, 3.05) is 12.3 Å². The van der Waals surface area contributed by atoms with Crippen LogP contribution in [-0.2, 0) is 19.1 Å². The fraction of sp³-hybridized carbons (Fsp3) is 0.857. The molecule has 0 spiro atoms. The van der Waals surface area contributed by atoms with Gasteiger partial charge in [0.25, 0.3) is 0 Å². The maximum Gasteiger partial charge on any atom is 0.408 e. The van der Waals surface area contributed by atoms with Crippen LogP contribution in [0.15, 0.2) is 0 Å². The molecule has 1 saturated heterocycles. The molecule has 0 aromatic heterocycles. The number of rotatable bonds is 4. The Morgan fingerprint density at radius 3 is 2.10 bits per heavy atom. The number of hydrogen-bond acceptors (Lipinski definition) is 6. The molecule has 0 radical (unpaired) electrons. The average molecular weight is 429 g/mol. The van der Waals surface area contributed by atoms with Crippen molar-refractivity contribution >= 4 is 29.7 Å². The molecule has 8 heteroatoms. The first-order chi connectivity index (χ1) is 13.4. The van der Waals surface area contributed by atoms with Crippen LogP contribution in [0.5, 0.6) is 0 Å². The van der Waals surface area contributed by atoms with Crippen molar-refractivity contribution in [1.82, 2.24) is 10.2 Å². The van der Waals surface area contributed by atoms with E-state index in [0.29, 0.717) is 11.7 Å². The Hall–Kier alpha value is -1.44. The summed E-state index contributed by atoms with van der Waals surface area (Å²) >= 11 is 1.65. The molecular formula is C21H36N2O5S. The number of ether oxygens (including phenoxy) is 2. The second-order valence-corrected chi connectivity index (χ2v) is 11.0. The summed E-state index contributed by atoms with van der Waals surface area (Å²) < 4.78 is 10.8. The zero-order valence-corrected chi connectivity index (χ0v) is 19.4. The second kappa shape index (κ2) is 9.58. The molecule has 1 heterocycles. The average Bonchev–Trinajstić information content (AvgIpc) is 3.03. The first kappa shape index (κ1) is 23.8. The van der Waals surface area contributed by atoms with Crippen molar-refractivity contribution in [3.63, 3.8) is 0 Å². The molecule has 0 aromatic rings. The van der Waals surface area contributed by atoms with E-state index >= 15 is 0 Å². The number of alkyl carbamates (subject to hydrolysis) is 1. The van der Waals surface area contributed by atoms with Gasteiger partial charge in [0.2, 0.25) is 5.91 Å². The molecule has 1 saturated carbocycles. The molecule has 2 rings (SSSR count). The fourth-order valence-electron chi connectivity index (χ4n) is 3.73. The summed E-state index contributed by atoms with van der Waals surface area (Å²) in [5.74, 6) is 0.238. The predicted molar refractivity (Wildman–Crippen MR) is 114 cm³/mol. The van der Waals surface area contributed by atoms with Crippen LogP contribution in [0.25, 0.3) is 0 Å². The zero-order valence-electron chi connectivity index (χ0n) is 18.6. The normalized spacial score (nSPS) is 23.6. The van der Waals surface area contributed by atoms with Crippen molar-refractivity contribution < 1.29 is 23.9 Å². The van der Waals surface area contributed by atoms with Gasteiger partial charge in [0.15, 0.2) is 0 Å². The molecule has 0 bridgehead atoms. The Balaban J connectivity index is 2.10. The fourth-order valence-corrected chi connectivity index (χ4v) is 5.38. The minimum Gasteiger partial charge on any atom is -0.458 e. The van der Waals surface area contributed by atoms with Gasteiger partial charge in [0, 0.05) is 5.75 Å². The third-order valence-corrected chi connectivity index (χ3v) is 6.30. The van der Waals surface area contributed by atoms with Crippen LogP contribution in [0.4, 0.5) is 4.79 Å². The maximum absolute atomic E-state index is 13.1. The Morgan fingerprint density at radius 2 is 1.55 bits per heavy atom. The lowest BCUT2D eigenvalue weighted by molar-refractivity contribution is -0.164. The molecule has 1 unspecified atom stereocenters. The number of nitrogens with zero attached hydrogens (tertiary/aromatic N) is 1. The Morgan fingerprint density at radius 1 is 0.966 bits per heavy atom. The third-order valence-electron chi connectivity index (χ3n) is 4.84. The molecule has 0 aromatic carbocycles. The van der Waals surface area contributed by atoms with Crippen LogP contribution in [0.1, 0.15) is 73.6 Å². The Bertz CT molecular complexity index is 605.